The van der Waals surface area contributed by atoms with Crippen LogP contribution in [0.1, 0.15) is 40.4 Å². The second-order valence-electron chi connectivity index (χ2n) is 6.85. The zero-order chi connectivity index (χ0) is 21.1. The minimum Gasteiger partial charge on any atom is -0.381 e. The van der Waals surface area contributed by atoms with Gasteiger partial charge in [-0.3, -0.25) is 9.78 Å². The van der Waals surface area contributed by atoms with Crippen molar-refractivity contribution in [1.29, 1.82) is 0 Å². The largest absolute Gasteiger partial charge is 0.433 e. The highest BCUT2D eigenvalue weighted by Gasteiger charge is 2.43. The van der Waals surface area contributed by atoms with E-state index in [1.807, 2.05) is 0 Å². The van der Waals surface area contributed by atoms with E-state index in [-0.39, 0.29) is 5.92 Å². The van der Waals surface area contributed by atoms with Crippen molar-refractivity contribution in [3.8, 4) is 0 Å². The Hall–Kier alpha value is -1.83. The highest BCUT2D eigenvalue weighted by atomic mass is 35.5. The summed E-state index contributed by atoms with van der Waals surface area (Å²) in [6, 6.07) is 10.6. The maximum absolute atomic E-state index is 12.9. The molecule has 2 heterocycles. The van der Waals surface area contributed by atoms with Gasteiger partial charge in [-0.2, -0.15) is 13.2 Å². The SMILES string of the molecule is O=C(NC(Cl)(Cl)C(c1ccc(C(F)(F)F)nc1)C1CCOCC1)c1ccccc1. The van der Waals surface area contributed by atoms with Gasteiger partial charge in [-0.05, 0) is 42.5 Å². The van der Waals surface area contributed by atoms with Crippen LogP contribution in [0.3, 0.4) is 0 Å². The maximum atomic E-state index is 12.9. The molecule has 1 aliphatic heterocycles. The zero-order valence-corrected chi connectivity index (χ0v) is 16.8. The number of nitrogens with zero attached hydrogens (tertiary/aromatic N) is 1. The maximum Gasteiger partial charge on any atom is 0.433 e. The summed E-state index contributed by atoms with van der Waals surface area (Å²) in [5, 5.41) is 2.61. The average molecular weight is 447 g/mol. The van der Waals surface area contributed by atoms with E-state index in [0.29, 0.717) is 37.2 Å². The van der Waals surface area contributed by atoms with Crippen molar-refractivity contribution in [2.24, 2.45) is 5.92 Å². The molecule has 1 atom stereocenters. The molecule has 1 unspecified atom stereocenters. The molecular formula is C20H19Cl2F3N2O2. The van der Waals surface area contributed by atoms with Crippen molar-refractivity contribution >= 4 is 29.1 Å². The molecule has 2 aromatic rings. The lowest BCUT2D eigenvalue weighted by Gasteiger charge is -2.38. The third kappa shape index (κ3) is 5.41. The average Bonchev–Trinajstić information content (AvgIpc) is 2.69. The third-order valence-corrected chi connectivity index (χ3v) is 5.54. The quantitative estimate of drug-likeness (QED) is 0.508. The van der Waals surface area contributed by atoms with Gasteiger partial charge in [0.25, 0.3) is 5.91 Å². The van der Waals surface area contributed by atoms with Gasteiger partial charge in [0.2, 0.25) is 0 Å². The number of amides is 1. The van der Waals surface area contributed by atoms with Gasteiger partial charge < -0.3 is 10.1 Å². The van der Waals surface area contributed by atoms with Gasteiger partial charge in [0, 0.05) is 30.9 Å². The summed E-state index contributed by atoms with van der Waals surface area (Å²) < 4.78 is 42.3. The highest BCUT2D eigenvalue weighted by Crippen LogP contribution is 2.45. The number of hydrogen-bond acceptors (Lipinski definition) is 3. The number of nitrogens with one attached hydrogen (secondary N) is 1. The highest BCUT2D eigenvalue weighted by molar-refractivity contribution is 6.49. The number of alkyl halides is 5. The molecule has 3 rings (SSSR count). The van der Waals surface area contributed by atoms with E-state index in [9.17, 15) is 18.0 Å². The van der Waals surface area contributed by atoms with Crippen LogP contribution in [0.15, 0.2) is 48.7 Å². The minimum atomic E-state index is -4.55. The lowest BCUT2D eigenvalue weighted by Crippen LogP contribution is -2.47. The van der Waals surface area contributed by atoms with E-state index in [0.717, 1.165) is 12.3 Å². The van der Waals surface area contributed by atoms with Crippen LogP contribution < -0.4 is 5.32 Å². The van der Waals surface area contributed by atoms with Crippen molar-refractivity contribution in [1.82, 2.24) is 10.3 Å². The predicted molar refractivity (Wildman–Crippen MR) is 104 cm³/mol. The van der Waals surface area contributed by atoms with Crippen LogP contribution in [0, 0.1) is 5.92 Å². The van der Waals surface area contributed by atoms with Crippen LogP contribution in [0.2, 0.25) is 0 Å². The summed E-state index contributed by atoms with van der Waals surface area (Å²) in [4.78, 5) is 16.1. The number of aromatic nitrogens is 1. The molecule has 1 aliphatic rings. The molecule has 0 saturated carbocycles. The topological polar surface area (TPSA) is 51.2 Å². The summed E-state index contributed by atoms with van der Waals surface area (Å²) in [7, 11) is 0. The first-order valence-electron chi connectivity index (χ1n) is 9.05. The molecular weight excluding hydrogens is 428 g/mol. The van der Waals surface area contributed by atoms with Gasteiger partial charge in [0.1, 0.15) is 5.69 Å². The summed E-state index contributed by atoms with van der Waals surface area (Å²) >= 11 is 13.2. The van der Waals surface area contributed by atoms with Gasteiger partial charge in [-0.15, -0.1) is 0 Å². The number of carbonyl (C=O) groups is 1. The second-order valence-corrected chi connectivity index (χ2v) is 8.23. The van der Waals surface area contributed by atoms with Crippen molar-refractivity contribution in [3.05, 3.63) is 65.5 Å². The van der Waals surface area contributed by atoms with Crippen LogP contribution in [0.5, 0.6) is 0 Å². The van der Waals surface area contributed by atoms with Crippen molar-refractivity contribution in [2.75, 3.05) is 13.2 Å². The monoisotopic (exact) mass is 446 g/mol. The Morgan fingerprint density at radius 1 is 1.10 bits per heavy atom. The van der Waals surface area contributed by atoms with Crippen LogP contribution >= 0.6 is 23.2 Å². The predicted octanol–water partition coefficient (Wildman–Crippen LogP) is 5.17. The van der Waals surface area contributed by atoms with Crippen LogP contribution in [-0.2, 0) is 10.9 Å². The standard InChI is InChI=1S/C20H19Cl2F3N2O2/c21-19(22,27-18(28)14-4-2-1-3-5-14)17(13-8-10-29-11-9-13)15-6-7-16(26-12-15)20(23,24)25/h1-7,12-13,17H,8-11H2,(H,27,28). The normalized spacial score (nSPS) is 17.0. The number of ether oxygens (including phenoxy) is 1. The fourth-order valence-corrected chi connectivity index (χ4v) is 4.25. The van der Waals surface area contributed by atoms with E-state index in [1.165, 1.54) is 6.07 Å². The number of halogens is 5. The molecule has 1 saturated heterocycles. The molecule has 29 heavy (non-hydrogen) atoms. The van der Waals surface area contributed by atoms with Crippen molar-refractivity contribution in [2.45, 2.75) is 29.4 Å². The third-order valence-electron chi connectivity index (χ3n) is 4.88. The lowest BCUT2D eigenvalue weighted by molar-refractivity contribution is -0.141. The Kier molecular flexibility index (Phi) is 6.71. The Morgan fingerprint density at radius 2 is 1.76 bits per heavy atom. The minimum absolute atomic E-state index is 0.103. The molecule has 0 bridgehead atoms. The molecule has 1 aromatic heterocycles. The number of hydrogen-bond donors (Lipinski definition) is 1. The number of carbonyl (C=O) groups excluding carboxylic acids is 1. The first-order valence-corrected chi connectivity index (χ1v) is 9.80. The molecule has 1 N–H and O–H groups in total. The fraction of sp³-hybridized carbons (Fsp3) is 0.400. The second kappa shape index (κ2) is 8.90. The molecule has 0 aliphatic carbocycles. The number of rotatable bonds is 5. The Labute approximate surface area is 176 Å². The van der Waals surface area contributed by atoms with E-state index >= 15 is 0 Å². The Bertz CT molecular complexity index is 824. The first kappa shape index (κ1) is 21.9. The summed E-state index contributed by atoms with van der Waals surface area (Å²) in [6.07, 6.45) is -2.22. The van der Waals surface area contributed by atoms with E-state index < -0.39 is 28.2 Å². The van der Waals surface area contributed by atoms with Gasteiger partial charge >= 0.3 is 6.18 Å². The lowest BCUT2D eigenvalue weighted by atomic mass is 9.81. The fourth-order valence-electron chi connectivity index (χ4n) is 3.47. The Balaban J connectivity index is 1.90. The van der Waals surface area contributed by atoms with Gasteiger partial charge in [-0.1, -0.05) is 47.5 Å². The van der Waals surface area contributed by atoms with Crippen molar-refractivity contribution < 1.29 is 22.7 Å². The van der Waals surface area contributed by atoms with E-state index in [1.54, 1.807) is 30.3 Å². The summed E-state index contributed by atoms with van der Waals surface area (Å²) in [6.45, 7) is 0.956. The summed E-state index contributed by atoms with van der Waals surface area (Å²) in [5.74, 6) is -1.25. The van der Waals surface area contributed by atoms with Crippen LogP contribution in [-0.4, -0.2) is 28.6 Å². The number of benzene rings is 1. The first-order chi connectivity index (χ1) is 13.7. The molecule has 1 aromatic carbocycles. The van der Waals surface area contributed by atoms with E-state index in [4.69, 9.17) is 27.9 Å². The molecule has 4 nitrogen and oxygen atoms in total. The van der Waals surface area contributed by atoms with Crippen LogP contribution in [0.25, 0.3) is 0 Å². The Morgan fingerprint density at radius 3 is 2.31 bits per heavy atom. The molecule has 156 valence electrons. The molecule has 0 radical (unpaired) electrons. The van der Waals surface area contributed by atoms with Gasteiger partial charge in [-0.25, -0.2) is 0 Å². The molecule has 0 spiro atoms. The number of pyridine rings is 1. The molecule has 1 fully saturated rings. The molecule has 9 heteroatoms. The smallest absolute Gasteiger partial charge is 0.381 e. The summed E-state index contributed by atoms with van der Waals surface area (Å²) in [5.41, 5.74) is -0.215. The van der Waals surface area contributed by atoms with Crippen LogP contribution in [0.4, 0.5) is 13.2 Å². The zero-order valence-electron chi connectivity index (χ0n) is 15.3. The van der Waals surface area contributed by atoms with Crippen molar-refractivity contribution in [3.63, 3.8) is 0 Å². The molecule has 1 amide bonds. The van der Waals surface area contributed by atoms with Gasteiger partial charge in [0.05, 0.1) is 0 Å². The van der Waals surface area contributed by atoms with E-state index in [2.05, 4.69) is 10.3 Å². The van der Waals surface area contributed by atoms with Gasteiger partial charge in [0.15, 0.2) is 4.46 Å².